The fraction of sp³-hybridized carbons (Fsp3) is 0.0938. The van der Waals surface area contributed by atoms with Crippen LogP contribution in [0.1, 0.15) is 49.9 Å². The van der Waals surface area contributed by atoms with Crippen LogP contribution in [-0.4, -0.2) is 0 Å². The van der Waals surface area contributed by atoms with E-state index in [1.165, 1.54) is 98.7 Å². The lowest BCUT2D eigenvalue weighted by molar-refractivity contribution is 0.661. The standard InChI is InChI=1S/C64H42O2/c1-63(2)55-23-9-5-15-37(55)53-31-49-47(43-21-13-19-41-39-17-7-11-25-59(39)65-61(41)43)29-35-28-46-36(27-45(35)51(49)33-57(53)63)30-48(44-22-14-20-42-40-18-8-12-26-60(40)66-62(42)44)50-32-54-38-16-6-10-24-56(38)64(3,4)58(54)34-52(46)50/h5-34H,1-4H3. The van der Waals surface area contributed by atoms with Gasteiger partial charge < -0.3 is 8.83 Å². The first-order valence-electron chi connectivity index (χ1n) is 23.2. The lowest BCUT2D eigenvalue weighted by Crippen LogP contribution is -2.14. The van der Waals surface area contributed by atoms with Gasteiger partial charge in [-0.2, -0.15) is 0 Å². The van der Waals surface area contributed by atoms with Gasteiger partial charge in [0.1, 0.15) is 22.3 Å². The normalized spacial score (nSPS) is 14.6. The third-order valence-corrected chi connectivity index (χ3v) is 15.8. The molecule has 0 unspecified atom stereocenters. The summed E-state index contributed by atoms with van der Waals surface area (Å²) in [6, 6.07) is 67.9. The minimum absolute atomic E-state index is 0.155. The number of fused-ring (bicyclic) bond motifs is 18. The minimum Gasteiger partial charge on any atom is -0.455 e. The molecule has 11 aromatic carbocycles. The Balaban J connectivity index is 1.10. The largest absolute Gasteiger partial charge is 0.455 e. The smallest absolute Gasteiger partial charge is 0.143 e. The Labute approximate surface area is 381 Å². The monoisotopic (exact) mass is 842 g/mol. The summed E-state index contributed by atoms with van der Waals surface area (Å²) in [5.74, 6) is 0. The summed E-state index contributed by atoms with van der Waals surface area (Å²) in [5.41, 5.74) is 18.7. The van der Waals surface area contributed by atoms with E-state index in [1.807, 2.05) is 0 Å². The van der Waals surface area contributed by atoms with Crippen molar-refractivity contribution in [1.82, 2.24) is 0 Å². The van der Waals surface area contributed by atoms with Crippen LogP contribution in [0.4, 0.5) is 0 Å². The van der Waals surface area contributed by atoms with E-state index in [4.69, 9.17) is 8.83 Å². The Morgan fingerprint density at radius 3 is 1.12 bits per heavy atom. The highest BCUT2D eigenvalue weighted by molar-refractivity contribution is 6.25. The number of para-hydroxylation sites is 4. The molecule has 0 saturated heterocycles. The maximum absolute atomic E-state index is 6.79. The zero-order chi connectivity index (χ0) is 43.8. The molecule has 0 bridgehead atoms. The van der Waals surface area contributed by atoms with E-state index in [-0.39, 0.29) is 10.8 Å². The molecule has 0 fully saturated rings. The van der Waals surface area contributed by atoms with Crippen molar-refractivity contribution in [2.45, 2.75) is 38.5 Å². The van der Waals surface area contributed by atoms with Gasteiger partial charge in [-0.15, -0.1) is 0 Å². The summed E-state index contributed by atoms with van der Waals surface area (Å²) < 4.78 is 13.6. The van der Waals surface area contributed by atoms with E-state index in [9.17, 15) is 0 Å². The third-order valence-electron chi connectivity index (χ3n) is 15.8. The lowest BCUT2D eigenvalue weighted by atomic mass is 9.80. The number of hydrogen-bond donors (Lipinski definition) is 0. The highest BCUT2D eigenvalue weighted by Crippen LogP contribution is 2.55. The maximum Gasteiger partial charge on any atom is 0.143 e. The second-order valence-corrected chi connectivity index (χ2v) is 19.9. The molecule has 2 heterocycles. The van der Waals surface area contributed by atoms with Gasteiger partial charge in [0.2, 0.25) is 0 Å². The van der Waals surface area contributed by atoms with E-state index in [0.29, 0.717) is 0 Å². The average Bonchev–Trinajstić information content (AvgIpc) is 4.05. The Kier molecular flexibility index (Phi) is 6.86. The first-order valence-corrected chi connectivity index (χ1v) is 23.2. The number of furan rings is 2. The molecular formula is C64H42O2. The van der Waals surface area contributed by atoms with Crippen molar-refractivity contribution in [3.63, 3.8) is 0 Å². The molecule has 66 heavy (non-hydrogen) atoms. The van der Waals surface area contributed by atoms with Crippen molar-refractivity contribution in [3.8, 4) is 44.5 Å². The van der Waals surface area contributed by atoms with E-state index in [1.54, 1.807) is 0 Å². The van der Waals surface area contributed by atoms with Gasteiger partial charge in [0.05, 0.1) is 0 Å². The number of rotatable bonds is 2. The molecule has 0 amide bonds. The molecule has 0 radical (unpaired) electrons. The van der Waals surface area contributed by atoms with Gasteiger partial charge in [-0.25, -0.2) is 0 Å². The van der Waals surface area contributed by atoms with E-state index in [2.05, 4.69) is 210 Å². The van der Waals surface area contributed by atoms with Crippen LogP contribution in [-0.2, 0) is 10.8 Å². The van der Waals surface area contributed by atoms with Crippen LogP contribution in [0.2, 0.25) is 0 Å². The van der Waals surface area contributed by atoms with Crippen molar-refractivity contribution >= 4 is 87.0 Å². The summed E-state index contributed by atoms with van der Waals surface area (Å²) in [4.78, 5) is 0. The number of hydrogen-bond acceptors (Lipinski definition) is 2. The maximum atomic E-state index is 6.79. The minimum atomic E-state index is -0.155. The molecule has 0 aliphatic heterocycles. The van der Waals surface area contributed by atoms with E-state index < -0.39 is 0 Å². The second kappa shape index (κ2) is 12.4. The predicted octanol–water partition coefficient (Wildman–Crippen LogP) is 18.0. The molecule has 310 valence electrons. The van der Waals surface area contributed by atoms with Crippen molar-refractivity contribution in [1.29, 1.82) is 0 Å². The van der Waals surface area contributed by atoms with Gasteiger partial charge in [-0.3, -0.25) is 0 Å². The van der Waals surface area contributed by atoms with Crippen LogP contribution in [0.15, 0.2) is 191 Å². The van der Waals surface area contributed by atoms with Gasteiger partial charge in [0.25, 0.3) is 0 Å². The van der Waals surface area contributed by atoms with Gasteiger partial charge in [0, 0.05) is 43.5 Å². The molecule has 0 N–H and O–H groups in total. The van der Waals surface area contributed by atoms with Gasteiger partial charge in [-0.05, 0) is 159 Å². The molecule has 0 atom stereocenters. The summed E-state index contributed by atoms with van der Waals surface area (Å²) in [7, 11) is 0. The highest BCUT2D eigenvalue weighted by Gasteiger charge is 2.37. The topological polar surface area (TPSA) is 26.3 Å². The molecule has 2 nitrogen and oxygen atoms in total. The zero-order valence-corrected chi connectivity index (χ0v) is 37.1. The second-order valence-electron chi connectivity index (χ2n) is 19.9. The van der Waals surface area contributed by atoms with Gasteiger partial charge in [-0.1, -0.05) is 149 Å². The van der Waals surface area contributed by atoms with E-state index >= 15 is 0 Å². The molecule has 2 aromatic heterocycles. The van der Waals surface area contributed by atoms with Crippen molar-refractivity contribution in [2.75, 3.05) is 0 Å². The van der Waals surface area contributed by atoms with Crippen molar-refractivity contribution < 1.29 is 8.83 Å². The van der Waals surface area contributed by atoms with E-state index in [0.717, 1.165) is 55.0 Å². The molecule has 15 rings (SSSR count). The molecule has 0 spiro atoms. The average molecular weight is 843 g/mol. The molecule has 2 aliphatic rings. The van der Waals surface area contributed by atoms with Crippen LogP contribution < -0.4 is 0 Å². The highest BCUT2D eigenvalue weighted by atomic mass is 16.3. The molecule has 0 saturated carbocycles. The van der Waals surface area contributed by atoms with Crippen LogP contribution in [0, 0.1) is 0 Å². The molecular weight excluding hydrogens is 801 g/mol. The summed E-state index contributed by atoms with van der Waals surface area (Å²) in [5, 5.41) is 14.4. The Hall–Kier alpha value is -7.94. The van der Waals surface area contributed by atoms with Crippen LogP contribution in [0.25, 0.3) is 131 Å². The zero-order valence-electron chi connectivity index (χ0n) is 37.1. The Bertz CT molecular complexity index is 4060. The third kappa shape index (κ3) is 4.61. The Morgan fingerprint density at radius 1 is 0.258 bits per heavy atom. The van der Waals surface area contributed by atoms with Crippen molar-refractivity contribution in [2.24, 2.45) is 0 Å². The van der Waals surface area contributed by atoms with Crippen LogP contribution in [0.3, 0.4) is 0 Å². The number of benzene rings is 11. The summed E-state index contributed by atoms with van der Waals surface area (Å²) in [6.07, 6.45) is 0. The first kappa shape index (κ1) is 36.4. The molecule has 2 heteroatoms. The summed E-state index contributed by atoms with van der Waals surface area (Å²) >= 11 is 0. The quantitative estimate of drug-likeness (QED) is 0.128. The molecule has 13 aromatic rings. The molecule has 2 aliphatic carbocycles. The predicted molar refractivity (Wildman–Crippen MR) is 277 cm³/mol. The fourth-order valence-corrected chi connectivity index (χ4v) is 12.6. The fourth-order valence-electron chi connectivity index (χ4n) is 12.6. The first-order chi connectivity index (χ1) is 32.2. The van der Waals surface area contributed by atoms with Crippen LogP contribution >= 0.6 is 0 Å². The van der Waals surface area contributed by atoms with Crippen LogP contribution in [0.5, 0.6) is 0 Å². The van der Waals surface area contributed by atoms with Crippen molar-refractivity contribution in [3.05, 3.63) is 204 Å². The SMILES string of the molecule is CC1(C)c2ccccc2-c2cc3c(-c4cccc5c4oc4ccccc45)cc4cc5c(cc(-c6cccc7c6oc6ccccc67)c6cc7c(cc65)C(C)(C)c5ccccc5-7)cc4c3cc21. The summed E-state index contributed by atoms with van der Waals surface area (Å²) in [6.45, 7) is 9.54. The Morgan fingerprint density at radius 2 is 0.652 bits per heavy atom. The van der Waals surface area contributed by atoms with Gasteiger partial charge >= 0.3 is 0 Å². The van der Waals surface area contributed by atoms with Gasteiger partial charge in [0.15, 0.2) is 0 Å². The lowest BCUT2D eigenvalue weighted by Gasteiger charge is -2.23.